The quantitative estimate of drug-likeness (QED) is 0.663. The fourth-order valence-electron chi connectivity index (χ4n) is 3.51. The van der Waals surface area contributed by atoms with Crippen molar-refractivity contribution in [3.05, 3.63) is 54.6 Å². The van der Waals surface area contributed by atoms with Crippen molar-refractivity contribution < 1.29 is 14.3 Å². The molecule has 29 heavy (non-hydrogen) atoms. The topological polar surface area (TPSA) is 82.4 Å². The highest BCUT2D eigenvalue weighted by molar-refractivity contribution is 5.94. The van der Waals surface area contributed by atoms with Gasteiger partial charge in [0.25, 0.3) is 5.91 Å². The maximum absolute atomic E-state index is 13.1. The van der Waals surface area contributed by atoms with Gasteiger partial charge in [0.15, 0.2) is 0 Å². The van der Waals surface area contributed by atoms with E-state index in [1.807, 2.05) is 35.2 Å². The summed E-state index contributed by atoms with van der Waals surface area (Å²) in [6.45, 7) is 1.26. The van der Waals surface area contributed by atoms with E-state index >= 15 is 0 Å². The number of likely N-dealkylation sites (tertiary alicyclic amines) is 1. The Labute approximate surface area is 169 Å². The van der Waals surface area contributed by atoms with Gasteiger partial charge < -0.3 is 14.4 Å². The second-order valence-electron chi connectivity index (χ2n) is 6.90. The van der Waals surface area contributed by atoms with Gasteiger partial charge in [-0.25, -0.2) is 9.97 Å². The molecule has 0 radical (unpaired) electrons. The molecular formula is C21H23N5O3. The van der Waals surface area contributed by atoms with Gasteiger partial charge in [0, 0.05) is 50.8 Å². The number of para-hydroxylation sites is 1. The van der Waals surface area contributed by atoms with Crippen molar-refractivity contribution in [2.45, 2.75) is 18.9 Å². The fraction of sp³-hybridized carbons (Fsp3) is 0.333. The summed E-state index contributed by atoms with van der Waals surface area (Å²) in [6, 6.07) is 11.2. The highest BCUT2D eigenvalue weighted by Gasteiger charge is 2.27. The van der Waals surface area contributed by atoms with Crippen molar-refractivity contribution in [2.24, 2.45) is 7.05 Å². The van der Waals surface area contributed by atoms with E-state index in [-0.39, 0.29) is 12.0 Å². The molecule has 1 saturated heterocycles. The molecule has 150 valence electrons. The van der Waals surface area contributed by atoms with Crippen LogP contribution in [0.25, 0.3) is 11.3 Å². The zero-order valence-electron chi connectivity index (χ0n) is 16.5. The zero-order chi connectivity index (χ0) is 20.2. The van der Waals surface area contributed by atoms with Crippen LogP contribution in [0, 0.1) is 0 Å². The summed E-state index contributed by atoms with van der Waals surface area (Å²) in [4.78, 5) is 22.9. The first-order valence-electron chi connectivity index (χ1n) is 9.55. The highest BCUT2D eigenvalue weighted by Crippen LogP contribution is 2.29. The third-order valence-corrected chi connectivity index (χ3v) is 5.05. The van der Waals surface area contributed by atoms with E-state index in [1.54, 1.807) is 31.1 Å². The van der Waals surface area contributed by atoms with Crippen LogP contribution in [-0.2, 0) is 7.05 Å². The Bertz CT molecular complexity index is 981. The lowest BCUT2D eigenvalue weighted by Gasteiger charge is -2.31. The molecule has 0 spiro atoms. The maximum atomic E-state index is 13.1. The predicted octanol–water partition coefficient (Wildman–Crippen LogP) is 2.57. The molecule has 0 unspecified atom stereocenters. The molecule has 1 aliphatic heterocycles. The van der Waals surface area contributed by atoms with Gasteiger partial charge in [-0.2, -0.15) is 5.10 Å². The van der Waals surface area contributed by atoms with Crippen molar-refractivity contribution >= 4 is 5.91 Å². The molecular weight excluding hydrogens is 370 g/mol. The van der Waals surface area contributed by atoms with E-state index in [0.717, 1.165) is 29.8 Å². The van der Waals surface area contributed by atoms with Crippen LogP contribution < -0.4 is 9.47 Å². The molecule has 3 aromatic rings. The number of carbonyl (C=O) groups excluding carboxylic acids is 1. The van der Waals surface area contributed by atoms with Gasteiger partial charge in [-0.1, -0.05) is 12.1 Å². The Hall–Kier alpha value is -3.42. The molecule has 0 aliphatic carbocycles. The molecule has 4 rings (SSSR count). The van der Waals surface area contributed by atoms with E-state index in [1.165, 1.54) is 6.33 Å². The normalized spacial score (nSPS) is 14.6. The van der Waals surface area contributed by atoms with Crippen LogP contribution >= 0.6 is 0 Å². The lowest BCUT2D eigenvalue weighted by Crippen LogP contribution is -2.42. The van der Waals surface area contributed by atoms with Gasteiger partial charge in [-0.05, 0) is 18.2 Å². The van der Waals surface area contributed by atoms with Crippen LogP contribution in [0.5, 0.6) is 11.6 Å². The summed E-state index contributed by atoms with van der Waals surface area (Å²) < 4.78 is 12.9. The molecule has 2 aromatic heterocycles. The van der Waals surface area contributed by atoms with Crippen LogP contribution in [0.3, 0.4) is 0 Å². The minimum Gasteiger partial charge on any atom is -0.496 e. The number of hydrogen-bond donors (Lipinski definition) is 0. The lowest BCUT2D eigenvalue weighted by atomic mass is 10.1. The first-order valence-corrected chi connectivity index (χ1v) is 9.55. The predicted molar refractivity (Wildman–Crippen MR) is 107 cm³/mol. The van der Waals surface area contributed by atoms with Gasteiger partial charge in [0.2, 0.25) is 5.88 Å². The number of amides is 1. The first kappa shape index (κ1) is 18.9. The van der Waals surface area contributed by atoms with Crippen LogP contribution in [0.15, 0.2) is 48.9 Å². The van der Waals surface area contributed by atoms with E-state index in [0.29, 0.717) is 24.7 Å². The van der Waals surface area contributed by atoms with Crippen molar-refractivity contribution in [1.29, 1.82) is 0 Å². The molecule has 1 aliphatic rings. The van der Waals surface area contributed by atoms with Crippen LogP contribution in [0.2, 0.25) is 0 Å². The third kappa shape index (κ3) is 4.06. The Morgan fingerprint density at radius 1 is 1.17 bits per heavy atom. The number of ether oxygens (including phenoxy) is 2. The second-order valence-corrected chi connectivity index (χ2v) is 6.90. The van der Waals surface area contributed by atoms with Crippen molar-refractivity contribution in [3.8, 4) is 22.9 Å². The summed E-state index contributed by atoms with van der Waals surface area (Å²) in [7, 11) is 3.42. The number of aromatic nitrogens is 4. The Balaban J connectivity index is 1.43. The smallest absolute Gasteiger partial charge is 0.272 e. The number of hydrogen-bond acceptors (Lipinski definition) is 6. The Kier molecular flexibility index (Phi) is 5.41. The highest BCUT2D eigenvalue weighted by atomic mass is 16.5. The largest absolute Gasteiger partial charge is 0.496 e. The molecule has 0 N–H and O–H groups in total. The SMILES string of the molecule is COc1ccccc1-c1cc(C(=O)N2CCC(Oc3ccncn3)CC2)n(C)n1. The monoisotopic (exact) mass is 393 g/mol. The van der Waals surface area contributed by atoms with Crippen molar-refractivity contribution in [1.82, 2.24) is 24.6 Å². The molecule has 0 bridgehead atoms. The van der Waals surface area contributed by atoms with Crippen molar-refractivity contribution in [2.75, 3.05) is 20.2 Å². The van der Waals surface area contributed by atoms with E-state index in [4.69, 9.17) is 9.47 Å². The number of rotatable bonds is 5. The Morgan fingerprint density at radius 2 is 1.97 bits per heavy atom. The number of piperidine rings is 1. The van der Waals surface area contributed by atoms with Crippen LogP contribution in [0.4, 0.5) is 0 Å². The number of nitrogens with zero attached hydrogens (tertiary/aromatic N) is 5. The minimum absolute atomic E-state index is 0.0263. The molecule has 1 aromatic carbocycles. The molecule has 0 saturated carbocycles. The molecule has 1 fully saturated rings. The van der Waals surface area contributed by atoms with Gasteiger partial charge in [-0.15, -0.1) is 0 Å². The van der Waals surface area contributed by atoms with Crippen LogP contribution in [-0.4, -0.2) is 56.9 Å². The number of benzene rings is 1. The van der Waals surface area contributed by atoms with Crippen LogP contribution in [0.1, 0.15) is 23.3 Å². The molecule has 0 atom stereocenters. The first-order chi connectivity index (χ1) is 14.2. The third-order valence-electron chi connectivity index (χ3n) is 5.05. The van der Waals surface area contributed by atoms with E-state index in [9.17, 15) is 4.79 Å². The lowest BCUT2D eigenvalue weighted by molar-refractivity contribution is 0.0578. The molecule has 8 heteroatoms. The molecule has 3 heterocycles. The van der Waals surface area contributed by atoms with E-state index < -0.39 is 0 Å². The van der Waals surface area contributed by atoms with Crippen molar-refractivity contribution in [3.63, 3.8) is 0 Å². The van der Waals surface area contributed by atoms with Gasteiger partial charge in [0.05, 0.1) is 12.8 Å². The van der Waals surface area contributed by atoms with Gasteiger partial charge >= 0.3 is 0 Å². The summed E-state index contributed by atoms with van der Waals surface area (Å²) in [5.74, 6) is 1.27. The number of carbonyl (C=O) groups is 1. The fourth-order valence-corrected chi connectivity index (χ4v) is 3.51. The van der Waals surface area contributed by atoms with Gasteiger partial charge in [-0.3, -0.25) is 9.48 Å². The Morgan fingerprint density at radius 3 is 2.69 bits per heavy atom. The minimum atomic E-state index is -0.0263. The summed E-state index contributed by atoms with van der Waals surface area (Å²) in [5, 5.41) is 4.53. The standard InChI is InChI=1S/C21H23N5O3/c1-25-18(13-17(24-25)16-5-3-4-6-19(16)28-2)21(27)26-11-8-15(9-12-26)29-20-7-10-22-14-23-20/h3-7,10,13-15H,8-9,11-12H2,1-2H3. The van der Waals surface area contributed by atoms with Gasteiger partial charge in [0.1, 0.15) is 23.9 Å². The van der Waals surface area contributed by atoms with E-state index in [2.05, 4.69) is 15.1 Å². The average molecular weight is 393 g/mol. The zero-order valence-corrected chi connectivity index (χ0v) is 16.5. The summed E-state index contributed by atoms with van der Waals surface area (Å²) in [6.07, 6.45) is 4.68. The second kappa shape index (κ2) is 8.30. The number of methoxy groups -OCH3 is 1. The summed E-state index contributed by atoms with van der Waals surface area (Å²) >= 11 is 0. The molecule has 8 nitrogen and oxygen atoms in total. The average Bonchev–Trinajstić information content (AvgIpc) is 3.16. The molecule has 1 amide bonds. The number of aryl methyl sites for hydroxylation is 1. The maximum Gasteiger partial charge on any atom is 0.272 e. The summed E-state index contributed by atoms with van der Waals surface area (Å²) in [5.41, 5.74) is 2.14.